The van der Waals surface area contributed by atoms with Gasteiger partial charge in [-0.05, 0) is 23.8 Å². The zero-order chi connectivity index (χ0) is 20.9. The van der Waals surface area contributed by atoms with E-state index >= 15 is 0 Å². The first-order chi connectivity index (χ1) is 14.6. The number of thiophene rings is 1. The number of amides is 1. The molecule has 1 amide bonds. The molecular weight excluding hydrogens is 394 g/mol. The molecule has 150 valence electrons. The smallest absolute Gasteiger partial charge is 0.266 e. The number of hydrogen-bond donors (Lipinski definition) is 3. The van der Waals surface area contributed by atoms with Crippen LogP contribution in [0.4, 0.5) is 0 Å². The summed E-state index contributed by atoms with van der Waals surface area (Å²) in [5.41, 5.74) is 7.43. The number of ether oxygens (including phenoxy) is 1. The average molecular weight is 416 g/mol. The van der Waals surface area contributed by atoms with Gasteiger partial charge in [-0.25, -0.2) is 0 Å². The van der Waals surface area contributed by atoms with Crippen molar-refractivity contribution in [1.29, 1.82) is 5.41 Å². The maximum absolute atomic E-state index is 13.1. The summed E-state index contributed by atoms with van der Waals surface area (Å²) >= 11 is 1.43. The second-order valence-electron chi connectivity index (χ2n) is 6.80. The van der Waals surface area contributed by atoms with E-state index in [4.69, 9.17) is 15.9 Å². The largest absolute Gasteiger partial charge is 0.475 e. The molecule has 0 saturated carbocycles. The molecule has 0 aliphatic rings. The molecule has 4 aromatic rings. The van der Waals surface area contributed by atoms with Crippen LogP contribution in [0.25, 0.3) is 10.1 Å². The minimum atomic E-state index is -0.804. The third-order valence-corrected chi connectivity index (χ3v) is 5.82. The molecule has 1 atom stereocenters. The van der Waals surface area contributed by atoms with Gasteiger partial charge >= 0.3 is 0 Å². The molecule has 4 N–H and O–H groups in total. The van der Waals surface area contributed by atoms with Crippen LogP contribution < -0.4 is 15.8 Å². The van der Waals surface area contributed by atoms with E-state index in [1.54, 1.807) is 0 Å². The van der Waals surface area contributed by atoms with Gasteiger partial charge in [-0.15, -0.1) is 11.3 Å². The number of fused-ring (bicyclic) bond motifs is 1. The Morgan fingerprint density at radius 1 is 1.00 bits per heavy atom. The fraction of sp³-hybridized carbons (Fsp3) is 0.0833. The average Bonchev–Trinajstić information content (AvgIpc) is 3.23. The molecule has 1 heterocycles. The maximum Gasteiger partial charge on any atom is 0.266 e. The highest BCUT2D eigenvalue weighted by Crippen LogP contribution is 2.35. The zero-order valence-corrected chi connectivity index (χ0v) is 17.0. The molecule has 0 aliphatic carbocycles. The fourth-order valence-corrected chi connectivity index (χ4v) is 4.11. The number of carbonyl (C=O) groups is 1. The first kappa shape index (κ1) is 19.7. The predicted octanol–water partition coefficient (Wildman–Crippen LogP) is 4.62. The van der Waals surface area contributed by atoms with Gasteiger partial charge in [-0.2, -0.15) is 0 Å². The van der Waals surface area contributed by atoms with Crippen molar-refractivity contribution in [2.75, 3.05) is 0 Å². The Hall–Kier alpha value is -3.64. The van der Waals surface area contributed by atoms with Crippen molar-refractivity contribution in [3.63, 3.8) is 0 Å². The van der Waals surface area contributed by atoms with Crippen LogP contribution in [0.15, 0.2) is 84.9 Å². The molecular formula is C24H21N3O2S. The van der Waals surface area contributed by atoms with E-state index in [9.17, 15) is 4.79 Å². The summed E-state index contributed by atoms with van der Waals surface area (Å²) in [5.74, 6) is 0.381. The Balaban J connectivity index is 1.63. The van der Waals surface area contributed by atoms with E-state index in [1.807, 2.05) is 84.9 Å². The lowest BCUT2D eigenvalue weighted by Crippen LogP contribution is -2.32. The number of rotatable bonds is 7. The van der Waals surface area contributed by atoms with Crippen LogP contribution in [0.1, 0.15) is 22.1 Å². The van der Waals surface area contributed by atoms with Gasteiger partial charge in [0, 0.05) is 22.2 Å². The molecule has 1 aromatic heterocycles. The standard InChI is InChI=1S/C24H21N3O2S/c25-23(26)21-14-18-19(12-7-13-20(18)30-21)29-22(17-10-5-2-6-11-17)24(28)27-15-16-8-3-1-4-9-16/h1-14,22H,15H2,(H3,25,26)(H,27,28). The van der Waals surface area contributed by atoms with E-state index in [0.717, 1.165) is 21.2 Å². The van der Waals surface area contributed by atoms with Crippen molar-refractivity contribution in [2.24, 2.45) is 5.73 Å². The van der Waals surface area contributed by atoms with Crippen LogP contribution in [0.3, 0.4) is 0 Å². The van der Waals surface area contributed by atoms with Crippen molar-refractivity contribution < 1.29 is 9.53 Å². The number of hydrogen-bond acceptors (Lipinski definition) is 4. The van der Waals surface area contributed by atoms with E-state index in [1.165, 1.54) is 11.3 Å². The second-order valence-corrected chi connectivity index (χ2v) is 7.89. The molecule has 4 rings (SSSR count). The van der Waals surface area contributed by atoms with Crippen molar-refractivity contribution in [3.05, 3.63) is 101 Å². The third kappa shape index (κ3) is 4.34. The van der Waals surface area contributed by atoms with Gasteiger partial charge in [0.1, 0.15) is 11.6 Å². The summed E-state index contributed by atoms with van der Waals surface area (Å²) in [5, 5.41) is 11.5. The SMILES string of the molecule is N=C(N)c1cc2c(OC(C(=O)NCc3ccccc3)c3ccccc3)cccc2s1. The first-order valence-electron chi connectivity index (χ1n) is 9.52. The van der Waals surface area contributed by atoms with Crippen LogP contribution in [0, 0.1) is 5.41 Å². The minimum Gasteiger partial charge on any atom is -0.475 e. The number of nitrogens with two attached hydrogens (primary N) is 1. The Labute approximate surface area is 178 Å². The molecule has 0 bridgehead atoms. The summed E-state index contributed by atoms with van der Waals surface area (Å²) in [6.07, 6.45) is -0.804. The number of nitrogen functional groups attached to an aromatic ring is 1. The summed E-state index contributed by atoms with van der Waals surface area (Å²) in [7, 11) is 0. The topological polar surface area (TPSA) is 88.2 Å². The minimum absolute atomic E-state index is 0.0161. The number of carbonyl (C=O) groups excluding carboxylic acids is 1. The second kappa shape index (κ2) is 8.80. The highest BCUT2D eigenvalue weighted by atomic mass is 32.1. The van der Waals surface area contributed by atoms with Crippen molar-refractivity contribution in [2.45, 2.75) is 12.6 Å². The van der Waals surface area contributed by atoms with Gasteiger partial charge in [0.15, 0.2) is 0 Å². The molecule has 0 fully saturated rings. The number of nitrogens with one attached hydrogen (secondary N) is 2. The van der Waals surface area contributed by atoms with Crippen LogP contribution >= 0.6 is 11.3 Å². The van der Waals surface area contributed by atoms with E-state index < -0.39 is 6.10 Å². The number of amidine groups is 1. The molecule has 0 aliphatic heterocycles. The summed E-state index contributed by atoms with van der Waals surface area (Å²) in [6.45, 7) is 0.420. The Morgan fingerprint density at radius 3 is 2.40 bits per heavy atom. The Bertz CT molecular complexity index is 1170. The maximum atomic E-state index is 13.1. The summed E-state index contributed by atoms with van der Waals surface area (Å²) in [4.78, 5) is 13.8. The van der Waals surface area contributed by atoms with Gasteiger partial charge in [0.05, 0.1) is 4.88 Å². The van der Waals surface area contributed by atoms with E-state index in [0.29, 0.717) is 17.2 Å². The Kier molecular flexibility index (Phi) is 5.77. The molecule has 30 heavy (non-hydrogen) atoms. The lowest BCUT2D eigenvalue weighted by molar-refractivity contribution is -0.128. The first-order valence-corrected chi connectivity index (χ1v) is 10.3. The van der Waals surface area contributed by atoms with Crippen molar-refractivity contribution in [1.82, 2.24) is 5.32 Å². The van der Waals surface area contributed by atoms with Crippen molar-refractivity contribution in [3.8, 4) is 5.75 Å². The fourth-order valence-electron chi connectivity index (χ4n) is 3.18. The highest BCUT2D eigenvalue weighted by Gasteiger charge is 2.23. The van der Waals surface area contributed by atoms with E-state index in [-0.39, 0.29) is 11.7 Å². The highest BCUT2D eigenvalue weighted by molar-refractivity contribution is 7.20. The molecule has 6 heteroatoms. The van der Waals surface area contributed by atoms with Gasteiger partial charge in [-0.3, -0.25) is 10.2 Å². The molecule has 3 aromatic carbocycles. The van der Waals surface area contributed by atoms with Crippen LogP contribution in [-0.2, 0) is 11.3 Å². The zero-order valence-electron chi connectivity index (χ0n) is 16.2. The van der Waals surface area contributed by atoms with Crippen LogP contribution in [0.5, 0.6) is 5.75 Å². The van der Waals surface area contributed by atoms with Gasteiger partial charge in [0.2, 0.25) is 6.10 Å². The lowest BCUT2D eigenvalue weighted by Gasteiger charge is -2.20. The van der Waals surface area contributed by atoms with Crippen molar-refractivity contribution >= 4 is 33.2 Å². The van der Waals surface area contributed by atoms with Crippen LogP contribution in [-0.4, -0.2) is 11.7 Å². The molecule has 1 unspecified atom stereocenters. The van der Waals surface area contributed by atoms with Gasteiger partial charge < -0.3 is 15.8 Å². The van der Waals surface area contributed by atoms with Gasteiger partial charge in [0.25, 0.3) is 5.91 Å². The predicted molar refractivity (Wildman–Crippen MR) is 121 cm³/mol. The normalized spacial score (nSPS) is 11.7. The van der Waals surface area contributed by atoms with Crippen LogP contribution in [0.2, 0.25) is 0 Å². The molecule has 0 saturated heterocycles. The summed E-state index contributed by atoms with van der Waals surface area (Å²) in [6, 6.07) is 26.7. The molecule has 0 radical (unpaired) electrons. The Morgan fingerprint density at radius 2 is 1.70 bits per heavy atom. The monoisotopic (exact) mass is 415 g/mol. The molecule has 5 nitrogen and oxygen atoms in total. The summed E-state index contributed by atoms with van der Waals surface area (Å²) < 4.78 is 7.19. The lowest BCUT2D eigenvalue weighted by atomic mass is 10.1. The number of benzene rings is 3. The molecule has 0 spiro atoms. The van der Waals surface area contributed by atoms with Gasteiger partial charge in [-0.1, -0.05) is 66.7 Å². The third-order valence-electron chi connectivity index (χ3n) is 4.68. The van der Waals surface area contributed by atoms with E-state index in [2.05, 4.69) is 5.32 Å². The quantitative estimate of drug-likeness (QED) is 0.304.